The Labute approximate surface area is 158 Å². The second kappa shape index (κ2) is 7.01. The van der Waals surface area contributed by atoms with Gasteiger partial charge in [0.05, 0.1) is 18.3 Å². The molecule has 0 spiro atoms. The summed E-state index contributed by atoms with van der Waals surface area (Å²) in [5.41, 5.74) is -1.71. The smallest absolute Gasteiger partial charge is 0.342 e. The third kappa shape index (κ3) is 3.38. The van der Waals surface area contributed by atoms with Crippen LogP contribution in [-0.2, 0) is 14.3 Å². The van der Waals surface area contributed by atoms with Crippen LogP contribution in [0.4, 0.5) is 0 Å². The number of carbonyl (C=O) groups is 2. The Kier molecular flexibility index (Phi) is 4.90. The number of aldehydes is 1. The highest BCUT2D eigenvalue weighted by atomic mass is 16.6. The Bertz CT molecular complexity index is 849. The topological polar surface area (TPSA) is 92.3 Å². The zero-order chi connectivity index (χ0) is 19.7. The van der Waals surface area contributed by atoms with Crippen LogP contribution in [0.2, 0.25) is 0 Å². The van der Waals surface area contributed by atoms with Gasteiger partial charge in [-0.15, -0.1) is 0 Å². The van der Waals surface area contributed by atoms with Gasteiger partial charge in [0.2, 0.25) is 5.54 Å². The predicted octanol–water partition coefficient (Wildman–Crippen LogP) is 3.13. The van der Waals surface area contributed by atoms with Crippen molar-refractivity contribution in [1.29, 1.82) is 5.26 Å². The van der Waals surface area contributed by atoms with Crippen molar-refractivity contribution in [3.63, 3.8) is 0 Å². The lowest BCUT2D eigenvalue weighted by Gasteiger charge is -2.30. The third-order valence-electron chi connectivity index (χ3n) is 4.68. The molecule has 1 aliphatic rings. The standard InChI is InChI=1S/C21H22N2O4/c1-20(2,3)27-19(25)21(13-22)17(16-10-7-11-26-16)15(12-24)18(23-21)14-8-5-4-6-9-14/h4-12,15,17-18,23H,1-3H3/t15-,17+,18-,21-/m1/s1. The molecule has 4 atom stereocenters. The molecule has 1 fully saturated rings. The van der Waals surface area contributed by atoms with E-state index >= 15 is 0 Å². The van der Waals surface area contributed by atoms with E-state index in [2.05, 4.69) is 11.4 Å². The fourth-order valence-electron chi connectivity index (χ4n) is 3.60. The van der Waals surface area contributed by atoms with Crippen LogP contribution in [0, 0.1) is 17.2 Å². The molecule has 1 N–H and O–H groups in total. The fourth-order valence-corrected chi connectivity index (χ4v) is 3.60. The van der Waals surface area contributed by atoms with E-state index < -0.39 is 35.0 Å². The van der Waals surface area contributed by atoms with Gasteiger partial charge in [0.25, 0.3) is 0 Å². The van der Waals surface area contributed by atoms with Gasteiger partial charge in [-0.2, -0.15) is 5.26 Å². The maximum absolute atomic E-state index is 13.1. The van der Waals surface area contributed by atoms with Crippen molar-refractivity contribution in [1.82, 2.24) is 5.32 Å². The Morgan fingerprint density at radius 2 is 1.96 bits per heavy atom. The highest BCUT2D eigenvalue weighted by Crippen LogP contribution is 2.48. The molecule has 0 aliphatic carbocycles. The monoisotopic (exact) mass is 366 g/mol. The van der Waals surface area contributed by atoms with E-state index in [1.54, 1.807) is 32.9 Å². The molecule has 1 aromatic heterocycles. The van der Waals surface area contributed by atoms with Crippen molar-refractivity contribution >= 4 is 12.3 Å². The van der Waals surface area contributed by atoms with Crippen LogP contribution >= 0.6 is 0 Å². The summed E-state index contributed by atoms with van der Waals surface area (Å²) < 4.78 is 11.1. The molecule has 1 saturated heterocycles. The van der Waals surface area contributed by atoms with Gasteiger partial charge < -0.3 is 13.9 Å². The normalized spacial score (nSPS) is 27.7. The number of rotatable bonds is 4. The average Bonchev–Trinajstić information content (AvgIpc) is 3.26. The molecule has 2 heterocycles. The molecule has 0 radical (unpaired) electrons. The van der Waals surface area contributed by atoms with Crippen LogP contribution in [0.25, 0.3) is 0 Å². The first-order chi connectivity index (χ1) is 12.8. The number of nitrogens with zero attached hydrogens (tertiary/aromatic N) is 1. The highest BCUT2D eigenvalue weighted by Gasteiger charge is 2.62. The van der Waals surface area contributed by atoms with Crippen molar-refractivity contribution in [3.05, 3.63) is 60.1 Å². The van der Waals surface area contributed by atoms with Crippen LogP contribution in [0.3, 0.4) is 0 Å². The minimum atomic E-state index is -1.74. The largest absolute Gasteiger partial charge is 0.469 e. The fraction of sp³-hybridized carbons (Fsp3) is 0.381. The van der Waals surface area contributed by atoms with Crippen molar-refractivity contribution in [2.75, 3.05) is 0 Å². The number of hydrogen-bond acceptors (Lipinski definition) is 6. The molecule has 1 aliphatic heterocycles. The molecule has 6 nitrogen and oxygen atoms in total. The Hall–Kier alpha value is -2.91. The van der Waals surface area contributed by atoms with Crippen LogP contribution in [0.1, 0.15) is 44.1 Å². The van der Waals surface area contributed by atoms with E-state index in [1.165, 1.54) is 6.26 Å². The van der Waals surface area contributed by atoms with Crippen molar-refractivity contribution in [2.24, 2.45) is 5.92 Å². The van der Waals surface area contributed by atoms with E-state index in [-0.39, 0.29) is 0 Å². The summed E-state index contributed by atoms with van der Waals surface area (Å²) in [5, 5.41) is 13.2. The lowest BCUT2D eigenvalue weighted by atomic mass is 9.77. The first-order valence-electron chi connectivity index (χ1n) is 8.78. The van der Waals surface area contributed by atoms with Gasteiger partial charge in [-0.1, -0.05) is 30.3 Å². The zero-order valence-electron chi connectivity index (χ0n) is 15.5. The third-order valence-corrected chi connectivity index (χ3v) is 4.68. The quantitative estimate of drug-likeness (QED) is 0.660. The molecule has 1 aromatic carbocycles. The van der Waals surface area contributed by atoms with Crippen LogP contribution in [0.5, 0.6) is 0 Å². The molecular weight excluding hydrogens is 344 g/mol. The minimum Gasteiger partial charge on any atom is -0.469 e. The molecule has 0 bridgehead atoms. The van der Waals surface area contributed by atoms with Crippen molar-refractivity contribution in [2.45, 2.75) is 43.9 Å². The zero-order valence-corrected chi connectivity index (χ0v) is 15.5. The molecule has 0 saturated carbocycles. The Balaban J connectivity index is 2.13. The van der Waals surface area contributed by atoms with Crippen molar-refractivity contribution < 1.29 is 18.7 Å². The van der Waals surface area contributed by atoms with E-state index in [0.29, 0.717) is 5.76 Å². The molecule has 0 amide bonds. The summed E-state index contributed by atoms with van der Waals surface area (Å²) in [7, 11) is 0. The van der Waals surface area contributed by atoms with Gasteiger partial charge in [-0.3, -0.25) is 5.32 Å². The van der Waals surface area contributed by atoms with Gasteiger partial charge in [0.15, 0.2) is 0 Å². The molecule has 3 rings (SSSR count). The van der Waals surface area contributed by atoms with E-state index in [4.69, 9.17) is 9.15 Å². The van der Waals surface area contributed by atoms with Crippen LogP contribution in [-0.4, -0.2) is 23.4 Å². The number of ether oxygens (including phenoxy) is 1. The lowest BCUT2D eigenvalue weighted by molar-refractivity contribution is -0.161. The Morgan fingerprint density at radius 1 is 1.26 bits per heavy atom. The molecule has 2 aromatic rings. The van der Waals surface area contributed by atoms with Gasteiger partial charge >= 0.3 is 5.97 Å². The average molecular weight is 366 g/mol. The van der Waals surface area contributed by atoms with Crippen LogP contribution < -0.4 is 5.32 Å². The number of furan rings is 1. The maximum atomic E-state index is 13.1. The highest BCUT2D eigenvalue weighted by molar-refractivity contribution is 5.88. The number of esters is 1. The molecule has 0 unspecified atom stereocenters. The summed E-state index contributed by atoms with van der Waals surface area (Å²) in [5.74, 6) is -1.81. The lowest BCUT2D eigenvalue weighted by Crippen LogP contribution is -2.53. The first-order valence-corrected chi connectivity index (χ1v) is 8.78. The SMILES string of the molecule is CC(C)(C)OC(=O)[C@]1(C#N)N[C@H](c2ccccc2)[C@H](C=O)[C@H]1c1ccco1. The second-order valence-electron chi connectivity index (χ2n) is 7.66. The van der Waals surface area contributed by atoms with Gasteiger partial charge in [0.1, 0.15) is 17.6 Å². The Morgan fingerprint density at radius 3 is 2.48 bits per heavy atom. The van der Waals surface area contributed by atoms with Crippen molar-refractivity contribution in [3.8, 4) is 6.07 Å². The summed E-state index contributed by atoms with van der Waals surface area (Å²) >= 11 is 0. The molecule has 6 heteroatoms. The van der Waals surface area contributed by atoms with Crippen LogP contribution in [0.15, 0.2) is 53.1 Å². The molecule has 27 heavy (non-hydrogen) atoms. The van der Waals surface area contributed by atoms with E-state index in [1.807, 2.05) is 30.3 Å². The van der Waals surface area contributed by atoms with Gasteiger partial charge in [-0.25, -0.2) is 4.79 Å². The first kappa shape index (κ1) is 18.9. The number of nitriles is 1. The van der Waals surface area contributed by atoms with Gasteiger partial charge in [0, 0.05) is 12.0 Å². The summed E-state index contributed by atoms with van der Waals surface area (Å²) in [6.07, 6.45) is 2.24. The van der Waals surface area contributed by atoms with E-state index in [9.17, 15) is 14.9 Å². The number of benzene rings is 1. The number of nitrogens with one attached hydrogen (secondary N) is 1. The summed E-state index contributed by atoms with van der Waals surface area (Å²) in [6.45, 7) is 5.20. The summed E-state index contributed by atoms with van der Waals surface area (Å²) in [4.78, 5) is 25.2. The summed E-state index contributed by atoms with van der Waals surface area (Å²) in [6, 6.07) is 14.2. The van der Waals surface area contributed by atoms with E-state index in [0.717, 1.165) is 11.8 Å². The maximum Gasteiger partial charge on any atom is 0.342 e. The number of carbonyl (C=O) groups excluding carboxylic acids is 2. The number of hydrogen-bond donors (Lipinski definition) is 1. The second-order valence-corrected chi connectivity index (χ2v) is 7.66. The molecule has 140 valence electrons. The van der Waals surface area contributed by atoms with Gasteiger partial charge in [-0.05, 0) is 38.5 Å². The molecular formula is C21H22N2O4. The predicted molar refractivity (Wildman–Crippen MR) is 97.5 cm³/mol. The minimum absolute atomic E-state index is 0.394.